The summed E-state index contributed by atoms with van der Waals surface area (Å²) in [4.78, 5) is 14.3. The molecule has 0 aromatic heterocycles. The third-order valence-electron chi connectivity index (χ3n) is 3.71. The molecule has 0 fully saturated rings. The number of para-hydroxylation sites is 1. The number of nitrogen functional groups attached to an aromatic ring is 1. The van der Waals surface area contributed by atoms with Gasteiger partial charge in [0.15, 0.2) is 0 Å². The zero-order chi connectivity index (χ0) is 14.7. The van der Waals surface area contributed by atoms with E-state index in [1.807, 2.05) is 53.4 Å². The van der Waals surface area contributed by atoms with E-state index in [9.17, 15) is 4.79 Å². The maximum absolute atomic E-state index is 12.4. The lowest BCUT2D eigenvalue weighted by atomic mass is 10.0. The number of fused-ring (bicyclic) bond motifs is 1. The quantitative estimate of drug-likeness (QED) is 0.677. The average Bonchev–Trinajstić information content (AvgIpc) is 2.52. The minimum atomic E-state index is 0.0181. The van der Waals surface area contributed by atoms with Crippen LogP contribution in [-0.2, 0) is 11.2 Å². The molecular formula is C18H18N2O. The summed E-state index contributed by atoms with van der Waals surface area (Å²) in [6.07, 6.45) is 5.49. The molecule has 1 aliphatic rings. The van der Waals surface area contributed by atoms with Crippen molar-refractivity contribution in [1.82, 2.24) is 0 Å². The summed E-state index contributed by atoms with van der Waals surface area (Å²) < 4.78 is 0. The Morgan fingerprint density at radius 1 is 1.14 bits per heavy atom. The highest BCUT2D eigenvalue weighted by Gasteiger charge is 2.20. The molecule has 2 aromatic carbocycles. The first-order valence-electron chi connectivity index (χ1n) is 7.17. The fraction of sp³-hybridized carbons (Fsp3) is 0.167. The van der Waals surface area contributed by atoms with E-state index < -0.39 is 0 Å². The number of hydrogen-bond donors (Lipinski definition) is 1. The van der Waals surface area contributed by atoms with Gasteiger partial charge in [-0.15, -0.1) is 0 Å². The van der Waals surface area contributed by atoms with Gasteiger partial charge in [0.2, 0.25) is 0 Å². The highest BCUT2D eigenvalue weighted by Crippen LogP contribution is 2.26. The summed E-state index contributed by atoms with van der Waals surface area (Å²) in [5.41, 5.74) is 9.66. The van der Waals surface area contributed by atoms with Crippen LogP contribution in [0.2, 0.25) is 0 Å². The van der Waals surface area contributed by atoms with Gasteiger partial charge in [-0.1, -0.05) is 30.3 Å². The van der Waals surface area contributed by atoms with Gasteiger partial charge in [-0.25, -0.2) is 0 Å². The molecule has 0 saturated carbocycles. The lowest BCUT2D eigenvalue weighted by Gasteiger charge is -2.28. The van der Waals surface area contributed by atoms with Crippen LogP contribution in [0.3, 0.4) is 0 Å². The van der Waals surface area contributed by atoms with Crippen LogP contribution < -0.4 is 10.6 Å². The highest BCUT2D eigenvalue weighted by atomic mass is 16.2. The molecule has 2 aromatic rings. The molecule has 0 spiro atoms. The summed E-state index contributed by atoms with van der Waals surface area (Å²) in [5, 5.41) is 0. The van der Waals surface area contributed by atoms with Crippen LogP contribution in [0.1, 0.15) is 17.5 Å². The van der Waals surface area contributed by atoms with E-state index in [0.29, 0.717) is 5.69 Å². The Balaban J connectivity index is 1.80. The summed E-state index contributed by atoms with van der Waals surface area (Å²) in [6, 6.07) is 15.6. The van der Waals surface area contributed by atoms with Crippen LogP contribution in [0, 0.1) is 0 Å². The number of benzene rings is 2. The smallest absolute Gasteiger partial charge is 0.250 e. The molecule has 0 bridgehead atoms. The molecule has 3 rings (SSSR count). The fourth-order valence-electron chi connectivity index (χ4n) is 2.68. The maximum Gasteiger partial charge on any atom is 0.250 e. The Morgan fingerprint density at radius 3 is 2.86 bits per heavy atom. The van der Waals surface area contributed by atoms with Gasteiger partial charge >= 0.3 is 0 Å². The number of hydrogen-bond acceptors (Lipinski definition) is 2. The molecule has 1 amide bonds. The fourth-order valence-corrected chi connectivity index (χ4v) is 2.68. The minimum Gasteiger partial charge on any atom is -0.399 e. The van der Waals surface area contributed by atoms with Crippen LogP contribution in [0.4, 0.5) is 11.4 Å². The summed E-state index contributed by atoms with van der Waals surface area (Å²) in [5.74, 6) is 0.0181. The number of nitrogens with zero attached hydrogens (tertiary/aromatic N) is 1. The number of rotatable bonds is 2. The van der Waals surface area contributed by atoms with Crippen LogP contribution >= 0.6 is 0 Å². The molecule has 0 radical (unpaired) electrons. The number of carbonyl (C=O) groups is 1. The predicted octanol–water partition coefficient (Wildman–Crippen LogP) is 3.26. The first kappa shape index (κ1) is 13.4. The normalized spacial score (nSPS) is 14.2. The second kappa shape index (κ2) is 5.83. The topological polar surface area (TPSA) is 46.3 Å². The van der Waals surface area contributed by atoms with Gasteiger partial charge in [0.25, 0.3) is 5.91 Å². The van der Waals surface area contributed by atoms with E-state index in [1.165, 1.54) is 5.56 Å². The van der Waals surface area contributed by atoms with E-state index in [4.69, 9.17) is 5.73 Å². The first-order valence-corrected chi connectivity index (χ1v) is 7.17. The number of nitrogens with two attached hydrogens (primary N) is 1. The van der Waals surface area contributed by atoms with Crippen LogP contribution in [-0.4, -0.2) is 12.5 Å². The number of anilines is 2. The lowest BCUT2D eigenvalue weighted by molar-refractivity contribution is -0.114. The Bertz CT molecular complexity index is 691. The molecular weight excluding hydrogens is 260 g/mol. The maximum atomic E-state index is 12.4. The van der Waals surface area contributed by atoms with E-state index in [-0.39, 0.29) is 5.91 Å². The van der Waals surface area contributed by atoms with Gasteiger partial charge in [0, 0.05) is 24.0 Å². The molecule has 2 N–H and O–H groups in total. The van der Waals surface area contributed by atoms with Crippen molar-refractivity contribution in [3.05, 3.63) is 65.7 Å². The zero-order valence-corrected chi connectivity index (χ0v) is 11.8. The Hall–Kier alpha value is -2.55. The average molecular weight is 278 g/mol. The Labute approximate surface area is 124 Å². The van der Waals surface area contributed by atoms with Crippen LogP contribution in [0.5, 0.6) is 0 Å². The van der Waals surface area contributed by atoms with Crippen molar-refractivity contribution in [2.45, 2.75) is 12.8 Å². The zero-order valence-electron chi connectivity index (χ0n) is 11.8. The van der Waals surface area contributed by atoms with Gasteiger partial charge in [0.1, 0.15) is 0 Å². The summed E-state index contributed by atoms with van der Waals surface area (Å²) in [7, 11) is 0. The molecule has 106 valence electrons. The van der Waals surface area contributed by atoms with Crippen molar-refractivity contribution < 1.29 is 4.79 Å². The van der Waals surface area contributed by atoms with Crippen LogP contribution in [0.15, 0.2) is 54.6 Å². The van der Waals surface area contributed by atoms with Crippen molar-refractivity contribution >= 4 is 23.4 Å². The molecule has 0 aliphatic carbocycles. The second-order valence-corrected chi connectivity index (χ2v) is 5.23. The number of aryl methyl sites for hydroxylation is 1. The molecule has 0 saturated heterocycles. The predicted molar refractivity (Wildman–Crippen MR) is 87.0 cm³/mol. The molecule has 21 heavy (non-hydrogen) atoms. The SMILES string of the molecule is Nc1cccc(/C=C/C(=O)N2CCCc3ccccc32)c1. The Morgan fingerprint density at radius 2 is 2.00 bits per heavy atom. The summed E-state index contributed by atoms with van der Waals surface area (Å²) in [6.45, 7) is 0.775. The van der Waals surface area contributed by atoms with Crippen LogP contribution in [0.25, 0.3) is 6.08 Å². The van der Waals surface area contributed by atoms with Crippen molar-refractivity contribution in [2.24, 2.45) is 0 Å². The van der Waals surface area contributed by atoms with Crippen molar-refractivity contribution in [3.8, 4) is 0 Å². The molecule has 0 atom stereocenters. The first-order chi connectivity index (χ1) is 10.2. The van der Waals surface area contributed by atoms with Gasteiger partial charge < -0.3 is 10.6 Å². The van der Waals surface area contributed by atoms with Crippen molar-refractivity contribution in [3.63, 3.8) is 0 Å². The van der Waals surface area contributed by atoms with E-state index in [0.717, 1.165) is 30.6 Å². The monoisotopic (exact) mass is 278 g/mol. The third-order valence-corrected chi connectivity index (χ3v) is 3.71. The molecule has 3 heteroatoms. The van der Waals surface area contributed by atoms with Gasteiger partial charge in [0.05, 0.1) is 0 Å². The van der Waals surface area contributed by atoms with E-state index in [2.05, 4.69) is 6.07 Å². The largest absolute Gasteiger partial charge is 0.399 e. The molecule has 3 nitrogen and oxygen atoms in total. The standard InChI is InChI=1S/C18H18N2O/c19-16-8-3-5-14(13-16)10-11-18(21)20-12-4-7-15-6-1-2-9-17(15)20/h1-3,5-6,8-11,13H,4,7,12,19H2/b11-10+. The third kappa shape index (κ3) is 2.97. The van der Waals surface area contributed by atoms with Crippen molar-refractivity contribution in [2.75, 3.05) is 17.2 Å². The molecule has 1 heterocycles. The number of amides is 1. The molecule has 0 unspecified atom stereocenters. The van der Waals surface area contributed by atoms with E-state index in [1.54, 1.807) is 6.08 Å². The summed E-state index contributed by atoms with van der Waals surface area (Å²) >= 11 is 0. The van der Waals surface area contributed by atoms with Gasteiger partial charge in [-0.2, -0.15) is 0 Å². The molecule has 1 aliphatic heterocycles. The second-order valence-electron chi connectivity index (χ2n) is 5.23. The lowest BCUT2D eigenvalue weighted by Crippen LogP contribution is -2.34. The van der Waals surface area contributed by atoms with Crippen molar-refractivity contribution in [1.29, 1.82) is 0 Å². The van der Waals surface area contributed by atoms with Gasteiger partial charge in [-0.3, -0.25) is 4.79 Å². The number of carbonyl (C=O) groups excluding carboxylic acids is 1. The van der Waals surface area contributed by atoms with Gasteiger partial charge in [-0.05, 0) is 48.2 Å². The highest BCUT2D eigenvalue weighted by molar-refractivity contribution is 6.04. The minimum absolute atomic E-state index is 0.0181. The van der Waals surface area contributed by atoms with E-state index >= 15 is 0 Å². The Kier molecular flexibility index (Phi) is 3.73.